The predicted octanol–water partition coefficient (Wildman–Crippen LogP) is 5.27. The van der Waals surface area contributed by atoms with Crippen LogP contribution in [0.3, 0.4) is 0 Å². The van der Waals surface area contributed by atoms with E-state index in [-0.39, 0.29) is 19.1 Å². The first kappa shape index (κ1) is 28.0. The molecule has 3 atom stereocenters. The Morgan fingerprint density at radius 3 is 2.53 bits per heavy atom. The predicted molar refractivity (Wildman–Crippen MR) is 148 cm³/mol. The summed E-state index contributed by atoms with van der Waals surface area (Å²) in [5.74, 6) is -0.0159. The number of thioether (sulfide) groups is 1. The minimum Gasteiger partial charge on any atom is -0.459 e. The number of nitrogens with zero attached hydrogens (tertiary/aromatic N) is 2. The van der Waals surface area contributed by atoms with Crippen LogP contribution in [0.15, 0.2) is 73.0 Å². The summed E-state index contributed by atoms with van der Waals surface area (Å²) in [6.45, 7) is 8.22. The Kier molecular flexibility index (Phi) is 10.2. The van der Waals surface area contributed by atoms with Gasteiger partial charge in [0.1, 0.15) is 17.3 Å². The Morgan fingerprint density at radius 1 is 1.17 bits per heavy atom. The monoisotopic (exact) mass is 526 g/mol. The molecule has 0 spiro atoms. The molecule has 0 aliphatic heterocycles. The molecule has 3 unspecified atom stereocenters. The summed E-state index contributed by atoms with van der Waals surface area (Å²) in [6, 6.07) is 13.7. The van der Waals surface area contributed by atoms with E-state index in [0.717, 1.165) is 24.2 Å². The zero-order valence-corrected chi connectivity index (χ0v) is 22.8. The van der Waals surface area contributed by atoms with Crippen molar-refractivity contribution in [3.63, 3.8) is 0 Å². The molecule has 1 heterocycles. The number of allylic oxidation sites excluding steroid dienone is 1. The van der Waals surface area contributed by atoms with Crippen LogP contribution in [0.1, 0.15) is 41.9 Å². The number of aromatic nitrogens is 1. The third-order valence-electron chi connectivity index (χ3n) is 6.21. The van der Waals surface area contributed by atoms with Crippen LogP contribution in [0.25, 0.3) is 0 Å². The van der Waals surface area contributed by atoms with E-state index in [1.807, 2.05) is 36.5 Å². The second kappa shape index (κ2) is 13.1. The lowest BCUT2D eigenvalue weighted by Gasteiger charge is -2.34. The van der Waals surface area contributed by atoms with Gasteiger partial charge in [0.2, 0.25) is 0 Å². The summed E-state index contributed by atoms with van der Waals surface area (Å²) in [5.41, 5.74) is 2.77. The normalized spacial score (nSPS) is 18.6. The number of pyridine rings is 1. The molecule has 8 heteroatoms. The Balaban J connectivity index is 1.61. The van der Waals surface area contributed by atoms with Gasteiger partial charge in [-0.2, -0.15) is 12.6 Å². The van der Waals surface area contributed by atoms with Gasteiger partial charge in [-0.05, 0) is 56.8 Å². The molecule has 0 N–H and O–H groups in total. The molecule has 1 aliphatic rings. The van der Waals surface area contributed by atoms with E-state index in [2.05, 4.69) is 42.6 Å². The molecule has 192 valence electrons. The fourth-order valence-corrected chi connectivity index (χ4v) is 5.64. The topological polar surface area (TPSA) is 68.7 Å². The van der Waals surface area contributed by atoms with Crippen LogP contribution in [0.2, 0.25) is 0 Å². The van der Waals surface area contributed by atoms with Crippen LogP contribution in [0.4, 0.5) is 0 Å². The number of esters is 2. The van der Waals surface area contributed by atoms with E-state index in [0.29, 0.717) is 22.9 Å². The number of carbonyl (C=O) groups excluding carboxylic acids is 2. The van der Waals surface area contributed by atoms with Gasteiger partial charge < -0.3 is 14.4 Å². The average Bonchev–Trinajstić information content (AvgIpc) is 3.41. The molecule has 1 aliphatic carbocycles. The van der Waals surface area contributed by atoms with Crippen LogP contribution in [0, 0.1) is 5.92 Å². The molecule has 0 fully saturated rings. The Morgan fingerprint density at radius 2 is 1.89 bits per heavy atom. The molecule has 0 saturated heterocycles. The maximum Gasteiger partial charge on any atom is 0.338 e. The van der Waals surface area contributed by atoms with Crippen molar-refractivity contribution in [3.8, 4) is 0 Å². The third-order valence-corrected chi connectivity index (χ3v) is 8.58. The van der Waals surface area contributed by atoms with Crippen LogP contribution < -0.4 is 0 Å². The molecule has 0 radical (unpaired) electrons. The van der Waals surface area contributed by atoms with Gasteiger partial charge in [0, 0.05) is 29.5 Å². The minimum absolute atomic E-state index is 0.00573. The van der Waals surface area contributed by atoms with E-state index in [1.165, 1.54) is 0 Å². The number of thiol groups is 1. The smallest absolute Gasteiger partial charge is 0.338 e. The molecule has 0 saturated carbocycles. The Hall–Kier alpha value is -2.55. The van der Waals surface area contributed by atoms with Gasteiger partial charge in [0.05, 0.1) is 11.3 Å². The van der Waals surface area contributed by atoms with Crippen LogP contribution in [-0.4, -0.2) is 54.7 Å². The van der Waals surface area contributed by atoms with Crippen LogP contribution in [-0.2, 0) is 24.1 Å². The first-order valence-electron chi connectivity index (χ1n) is 12.0. The number of hydrogen-bond acceptors (Lipinski definition) is 8. The first-order chi connectivity index (χ1) is 17.2. The second-order valence-corrected chi connectivity index (χ2v) is 11.0. The van der Waals surface area contributed by atoms with Gasteiger partial charge in [-0.3, -0.25) is 4.98 Å². The lowest BCUT2D eigenvalue weighted by atomic mass is 9.99. The van der Waals surface area contributed by atoms with Gasteiger partial charge in [0.15, 0.2) is 0 Å². The fraction of sp³-hybridized carbons (Fsp3) is 0.393. The van der Waals surface area contributed by atoms with Gasteiger partial charge >= 0.3 is 11.9 Å². The Labute approximate surface area is 223 Å². The maximum absolute atomic E-state index is 12.3. The first-order valence-corrected chi connectivity index (χ1v) is 13.4. The highest BCUT2D eigenvalue weighted by Crippen LogP contribution is 2.51. The van der Waals surface area contributed by atoms with E-state index in [9.17, 15) is 9.59 Å². The fourth-order valence-electron chi connectivity index (χ4n) is 3.88. The largest absolute Gasteiger partial charge is 0.459 e. The van der Waals surface area contributed by atoms with Crippen molar-refractivity contribution in [1.29, 1.82) is 0 Å². The number of rotatable bonds is 12. The number of hydrogen-bond donors (Lipinski definition) is 1. The van der Waals surface area contributed by atoms with E-state index in [4.69, 9.17) is 22.1 Å². The highest BCUT2D eigenvalue weighted by Gasteiger charge is 2.41. The second-order valence-electron chi connectivity index (χ2n) is 8.82. The van der Waals surface area contributed by atoms with E-state index in [1.54, 1.807) is 30.8 Å². The lowest BCUT2D eigenvalue weighted by Crippen LogP contribution is -2.32. The zero-order valence-electron chi connectivity index (χ0n) is 21.1. The van der Waals surface area contributed by atoms with Crippen molar-refractivity contribution < 1.29 is 19.1 Å². The molecule has 0 bridgehead atoms. The number of benzene rings is 1. The average molecular weight is 527 g/mol. The summed E-state index contributed by atoms with van der Waals surface area (Å²) in [7, 11) is 2.15. The summed E-state index contributed by atoms with van der Waals surface area (Å²) in [4.78, 5) is 30.7. The van der Waals surface area contributed by atoms with Crippen molar-refractivity contribution in [2.24, 2.45) is 5.92 Å². The minimum atomic E-state index is -0.500. The number of carbonyl (C=O) groups is 2. The number of likely N-dealkylation sites (N-methyl/N-ethyl adjacent to an activating group) is 1. The summed E-state index contributed by atoms with van der Waals surface area (Å²) >= 11 is 6.96. The number of ether oxygens (including phenoxy) is 2. The van der Waals surface area contributed by atoms with Gasteiger partial charge in [0.25, 0.3) is 0 Å². The lowest BCUT2D eigenvalue weighted by molar-refractivity contribution is -0.140. The molecule has 6 nitrogen and oxygen atoms in total. The third kappa shape index (κ3) is 7.24. The summed E-state index contributed by atoms with van der Waals surface area (Å²) < 4.78 is 9.65. The van der Waals surface area contributed by atoms with Crippen molar-refractivity contribution in [1.82, 2.24) is 9.88 Å². The van der Waals surface area contributed by atoms with Gasteiger partial charge in [-0.15, -0.1) is 11.8 Å². The molecule has 3 rings (SSSR count). The zero-order chi connectivity index (χ0) is 26.1. The summed E-state index contributed by atoms with van der Waals surface area (Å²) in [6.07, 6.45) is 7.36. The van der Waals surface area contributed by atoms with Crippen LogP contribution >= 0.6 is 24.4 Å². The molecule has 36 heavy (non-hydrogen) atoms. The quantitative estimate of drug-likeness (QED) is 0.101. The highest BCUT2D eigenvalue weighted by atomic mass is 32.2. The van der Waals surface area contributed by atoms with Crippen molar-refractivity contribution >= 4 is 36.3 Å². The maximum atomic E-state index is 12.3. The molecular formula is C28H34N2O4S2. The molecule has 2 aromatic rings. The molecule has 1 aromatic carbocycles. The van der Waals surface area contributed by atoms with Crippen molar-refractivity contribution in [2.45, 2.75) is 36.1 Å². The summed E-state index contributed by atoms with van der Waals surface area (Å²) in [5, 5.41) is 0. The molecular weight excluding hydrogens is 492 g/mol. The van der Waals surface area contributed by atoms with E-state index >= 15 is 0 Å². The molecule has 0 amide bonds. The highest BCUT2D eigenvalue weighted by molar-refractivity contribution is 8.10. The van der Waals surface area contributed by atoms with Crippen molar-refractivity contribution in [3.05, 3.63) is 89.8 Å². The molecule has 1 aromatic heterocycles. The van der Waals surface area contributed by atoms with Gasteiger partial charge in [-0.25, -0.2) is 9.59 Å². The Bertz CT molecular complexity index is 1070. The van der Waals surface area contributed by atoms with Crippen LogP contribution in [0.5, 0.6) is 0 Å². The van der Waals surface area contributed by atoms with Crippen molar-refractivity contribution in [2.75, 3.05) is 26.8 Å². The van der Waals surface area contributed by atoms with E-state index < -0.39 is 16.0 Å². The SMILES string of the molecule is C=C(C)C(=O)OCCOC(=O)c1ccc(CSC(S)(c2ccccn2)C2C=CC(N(C)CC)C2)cc1. The van der Waals surface area contributed by atoms with Gasteiger partial charge in [-0.1, -0.05) is 43.9 Å². The standard InChI is InChI=1S/C28H34N2O4S2/c1-5-30(4)24-14-13-23(18-24)28(35,25-8-6-7-15-29-25)36-19-21-9-11-22(12-10-21)27(32)34-17-16-33-26(31)20(2)3/h6-15,23-24,35H,2,5,16-19H2,1,3-4H3.